The van der Waals surface area contributed by atoms with E-state index >= 15 is 0 Å². The first-order valence-electron chi connectivity index (χ1n) is 7.11. The second-order valence-electron chi connectivity index (χ2n) is 5.57. The lowest BCUT2D eigenvalue weighted by Gasteiger charge is -2.34. The molecule has 2 heterocycles. The zero-order valence-corrected chi connectivity index (χ0v) is 10.9. The summed E-state index contributed by atoms with van der Waals surface area (Å²) in [6, 6.07) is 10.4. The smallest absolute Gasteiger partial charge is 0.168 e. The fraction of sp³-hybridized carbons (Fsp3) is 0.500. The number of rotatable bonds is 1. The topological polar surface area (TPSA) is 31.6 Å². The maximum absolute atomic E-state index is 5.98. The monoisotopic (exact) mass is 258 g/mol. The van der Waals surface area contributed by atoms with Crippen LogP contribution in [-0.2, 0) is 9.47 Å². The molecular weight excluding hydrogens is 240 g/mol. The van der Waals surface area contributed by atoms with Gasteiger partial charge in [-0.2, -0.15) is 0 Å². The highest BCUT2D eigenvalue weighted by molar-refractivity contribution is 5.77. The first-order chi connectivity index (χ1) is 9.35. The lowest BCUT2D eigenvalue weighted by molar-refractivity contribution is -0.179. The second-order valence-corrected chi connectivity index (χ2v) is 5.57. The van der Waals surface area contributed by atoms with Gasteiger partial charge in [0.15, 0.2) is 5.79 Å². The van der Waals surface area contributed by atoms with Gasteiger partial charge in [-0.3, -0.25) is 0 Å². The van der Waals surface area contributed by atoms with Crippen LogP contribution in [0.15, 0.2) is 34.7 Å². The molecular formula is C16H18O3. The average molecular weight is 258 g/mol. The largest absolute Gasteiger partial charge is 0.461 e. The van der Waals surface area contributed by atoms with E-state index in [1.54, 1.807) is 0 Å². The van der Waals surface area contributed by atoms with E-state index in [0.717, 1.165) is 50.2 Å². The van der Waals surface area contributed by atoms with Crippen LogP contribution >= 0.6 is 0 Å². The molecule has 0 bridgehead atoms. The third-order valence-electron chi connectivity index (χ3n) is 4.41. The van der Waals surface area contributed by atoms with Crippen molar-refractivity contribution < 1.29 is 13.9 Å². The van der Waals surface area contributed by atoms with Crippen molar-refractivity contribution in [3.05, 3.63) is 36.1 Å². The quantitative estimate of drug-likeness (QED) is 0.779. The van der Waals surface area contributed by atoms with Crippen LogP contribution in [0.5, 0.6) is 0 Å². The summed E-state index contributed by atoms with van der Waals surface area (Å²) in [5.74, 6) is 1.35. The lowest BCUT2D eigenvalue weighted by Crippen LogP contribution is -2.34. The summed E-state index contributed by atoms with van der Waals surface area (Å²) in [6.45, 7) is 1.49. The van der Waals surface area contributed by atoms with Gasteiger partial charge in [0.2, 0.25) is 0 Å². The fourth-order valence-corrected chi connectivity index (χ4v) is 3.33. The van der Waals surface area contributed by atoms with Gasteiger partial charge in [-0.1, -0.05) is 18.2 Å². The summed E-state index contributed by atoms with van der Waals surface area (Å²) < 4.78 is 17.5. The van der Waals surface area contributed by atoms with Gasteiger partial charge in [-0.25, -0.2) is 0 Å². The molecule has 2 aromatic rings. The van der Waals surface area contributed by atoms with Gasteiger partial charge < -0.3 is 13.9 Å². The molecule has 1 aromatic heterocycles. The van der Waals surface area contributed by atoms with Crippen molar-refractivity contribution in [3.8, 4) is 0 Å². The van der Waals surface area contributed by atoms with Crippen LogP contribution in [0.4, 0.5) is 0 Å². The summed E-state index contributed by atoms with van der Waals surface area (Å²) in [5, 5.41) is 1.20. The van der Waals surface area contributed by atoms with Gasteiger partial charge in [0.1, 0.15) is 11.3 Å². The molecule has 2 aliphatic rings. The van der Waals surface area contributed by atoms with Crippen LogP contribution in [-0.4, -0.2) is 19.0 Å². The molecule has 0 unspecified atom stereocenters. The number of hydrogen-bond acceptors (Lipinski definition) is 3. The minimum Gasteiger partial charge on any atom is -0.461 e. The number of furan rings is 1. The Labute approximate surface area is 112 Å². The van der Waals surface area contributed by atoms with E-state index in [-0.39, 0.29) is 5.79 Å². The van der Waals surface area contributed by atoms with Gasteiger partial charge in [-0.05, 0) is 25.0 Å². The summed E-state index contributed by atoms with van der Waals surface area (Å²) >= 11 is 0. The zero-order chi connectivity index (χ0) is 12.7. The molecule has 100 valence electrons. The molecule has 1 saturated carbocycles. The van der Waals surface area contributed by atoms with Gasteiger partial charge in [0, 0.05) is 24.1 Å². The third kappa shape index (κ3) is 1.97. The van der Waals surface area contributed by atoms with Crippen LogP contribution in [0.3, 0.4) is 0 Å². The van der Waals surface area contributed by atoms with Crippen molar-refractivity contribution in [1.82, 2.24) is 0 Å². The average Bonchev–Trinajstić information content (AvgIpc) is 3.06. The van der Waals surface area contributed by atoms with Crippen molar-refractivity contribution in [3.63, 3.8) is 0 Å². The zero-order valence-electron chi connectivity index (χ0n) is 10.9. The maximum Gasteiger partial charge on any atom is 0.168 e. The van der Waals surface area contributed by atoms with Crippen LogP contribution < -0.4 is 0 Å². The van der Waals surface area contributed by atoms with Gasteiger partial charge in [-0.15, -0.1) is 0 Å². The van der Waals surface area contributed by atoms with Crippen molar-refractivity contribution in [2.75, 3.05) is 13.2 Å². The molecule has 0 amide bonds. The van der Waals surface area contributed by atoms with Crippen molar-refractivity contribution in [2.24, 2.45) is 0 Å². The summed E-state index contributed by atoms with van der Waals surface area (Å²) in [6.07, 6.45) is 4.13. The SMILES string of the molecule is c1ccc2oc(C3CCC4(CC3)OCCO4)cc2c1. The molecule has 1 aliphatic carbocycles. The summed E-state index contributed by atoms with van der Waals surface area (Å²) in [4.78, 5) is 0. The van der Waals surface area contributed by atoms with Gasteiger partial charge >= 0.3 is 0 Å². The number of fused-ring (bicyclic) bond motifs is 1. The first kappa shape index (κ1) is 11.5. The summed E-state index contributed by atoms with van der Waals surface area (Å²) in [7, 11) is 0. The van der Waals surface area contributed by atoms with E-state index in [1.807, 2.05) is 12.1 Å². The van der Waals surface area contributed by atoms with E-state index in [1.165, 1.54) is 5.39 Å². The van der Waals surface area contributed by atoms with E-state index in [4.69, 9.17) is 13.9 Å². The molecule has 0 N–H and O–H groups in total. The number of para-hydroxylation sites is 1. The molecule has 2 fully saturated rings. The van der Waals surface area contributed by atoms with Gasteiger partial charge in [0.25, 0.3) is 0 Å². The van der Waals surface area contributed by atoms with E-state index in [9.17, 15) is 0 Å². The second kappa shape index (κ2) is 4.36. The number of hydrogen-bond donors (Lipinski definition) is 0. The fourth-order valence-electron chi connectivity index (χ4n) is 3.33. The Kier molecular flexibility index (Phi) is 2.64. The Morgan fingerprint density at radius 1 is 1.00 bits per heavy atom. The molecule has 0 radical (unpaired) electrons. The number of ether oxygens (including phenoxy) is 2. The summed E-state index contributed by atoms with van der Waals surface area (Å²) in [5.41, 5.74) is 0.992. The van der Waals surface area contributed by atoms with Crippen molar-refractivity contribution in [1.29, 1.82) is 0 Å². The first-order valence-corrected chi connectivity index (χ1v) is 7.11. The molecule has 3 heteroatoms. The maximum atomic E-state index is 5.98. The molecule has 0 atom stereocenters. The van der Waals surface area contributed by atoms with E-state index in [0.29, 0.717) is 5.92 Å². The Bertz CT molecular complexity index is 537. The Balaban J connectivity index is 1.54. The number of benzene rings is 1. The Hall–Kier alpha value is -1.32. The highest BCUT2D eigenvalue weighted by atomic mass is 16.7. The Morgan fingerprint density at radius 3 is 2.47 bits per heavy atom. The standard InChI is InChI=1S/C16H18O3/c1-2-4-14-13(3-1)11-15(19-14)12-5-7-16(8-6-12)17-9-10-18-16/h1-4,11-12H,5-10H2. The normalized spacial score (nSPS) is 23.4. The minimum atomic E-state index is -0.275. The molecule has 3 nitrogen and oxygen atoms in total. The van der Waals surface area contributed by atoms with Crippen LogP contribution in [0.25, 0.3) is 11.0 Å². The molecule has 19 heavy (non-hydrogen) atoms. The molecule has 1 aliphatic heterocycles. The van der Waals surface area contributed by atoms with E-state index in [2.05, 4.69) is 18.2 Å². The predicted molar refractivity (Wildman–Crippen MR) is 72.1 cm³/mol. The van der Waals surface area contributed by atoms with E-state index < -0.39 is 0 Å². The lowest BCUT2D eigenvalue weighted by atomic mass is 9.83. The molecule has 1 aromatic carbocycles. The van der Waals surface area contributed by atoms with Gasteiger partial charge in [0.05, 0.1) is 13.2 Å². The minimum absolute atomic E-state index is 0.275. The van der Waals surface area contributed by atoms with Crippen LogP contribution in [0, 0.1) is 0 Å². The third-order valence-corrected chi connectivity index (χ3v) is 4.41. The predicted octanol–water partition coefficient (Wildman–Crippen LogP) is 3.83. The molecule has 1 saturated heterocycles. The van der Waals surface area contributed by atoms with Crippen LogP contribution in [0.2, 0.25) is 0 Å². The highest BCUT2D eigenvalue weighted by Gasteiger charge is 2.41. The Morgan fingerprint density at radius 2 is 1.74 bits per heavy atom. The van der Waals surface area contributed by atoms with Crippen LogP contribution in [0.1, 0.15) is 37.4 Å². The molecule has 4 rings (SSSR count). The van der Waals surface area contributed by atoms with Crippen molar-refractivity contribution in [2.45, 2.75) is 37.4 Å². The molecule has 1 spiro atoms. The van der Waals surface area contributed by atoms with Crippen molar-refractivity contribution >= 4 is 11.0 Å². The highest BCUT2D eigenvalue weighted by Crippen LogP contribution is 2.43.